The van der Waals surface area contributed by atoms with Crippen LogP contribution in [0.4, 0.5) is 0 Å². The van der Waals surface area contributed by atoms with E-state index in [0.717, 1.165) is 24.0 Å². The van der Waals surface area contributed by atoms with Crippen LogP contribution in [0.5, 0.6) is 0 Å². The Kier molecular flexibility index (Phi) is 11.6. The van der Waals surface area contributed by atoms with Crippen molar-refractivity contribution in [3.8, 4) is 0 Å². The van der Waals surface area contributed by atoms with Gasteiger partial charge in [-0.1, -0.05) is 38.2 Å². The third-order valence-electron chi connectivity index (χ3n) is 4.22. The van der Waals surface area contributed by atoms with Crippen molar-refractivity contribution in [3.63, 3.8) is 0 Å². The molecule has 4 nitrogen and oxygen atoms in total. The van der Waals surface area contributed by atoms with E-state index in [-0.39, 0.29) is 11.5 Å². The van der Waals surface area contributed by atoms with Gasteiger partial charge in [0.2, 0.25) is 16.6 Å². The van der Waals surface area contributed by atoms with Crippen LogP contribution in [0.2, 0.25) is 26.2 Å². The van der Waals surface area contributed by atoms with E-state index in [2.05, 4.69) is 53.2 Å². The highest BCUT2D eigenvalue weighted by atomic mass is 28.4. The van der Waals surface area contributed by atoms with E-state index in [9.17, 15) is 0 Å². The van der Waals surface area contributed by atoms with E-state index in [0.29, 0.717) is 13.2 Å². The summed E-state index contributed by atoms with van der Waals surface area (Å²) in [6, 6.07) is 0. The topological polar surface area (TPSA) is 36.9 Å². The predicted octanol–water partition coefficient (Wildman–Crippen LogP) is 4.25. The number of ether oxygens (including phenoxy) is 2. The maximum atomic E-state index is 6.33. The van der Waals surface area contributed by atoms with Crippen LogP contribution in [0.1, 0.15) is 40.5 Å². The lowest BCUT2D eigenvalue weighted by molar-refractivity contribution is 0.102. The molecular formula is C18H40O4Si3. The summed E-state index contributed by atoms with van der Waals surface area (Å²) in [5, 5.41) is 0. The van der Waals surface area contributed by atoms with Crippen LogP contribution in [-0.2, 0) is 17.7 Å². The Morgan fingerprint density at radius 1 is 0.800 bits per heavy atom. The molecule has 0 spiro atoms. The summed E-state index contributed by atoms with van der Waals surface area (Å²) in [7, 11) is -4.94. The molecule has 25 heavy (non-hydrogen) atoms. The largest absolute Gasteiger partial charge is 0.439 e. The van der Waals surface area contributed by atoms with E-state index in [1.54, 1.807) is 0 Å². The van der Waals surface area contributed by atoms with Crippen molar-refractivity contribution < 1.29 is 17.7 Å². The normalized spacial score (nSPS) is 15.5. The van der Waals surface area contributed by atoms with Gasteiger partial charge in [-0.05, 0) is 52.9 Å². The first-order valence-electron chi connectivity index (χ1n) is 9.26. The number of hydrogen-bond acceptors (Lipinski definition) is 4. The molecule has 0 aromatic heterocycles. The van der Waals surface area contributed by atoms with E-state index < -0.39 is 26.6 Å². The van der Waals surface area contributed by atoms with Gasteiger partial charge in [0.05, 0.1) is 24.7 Å². The highest BCUT2D eigenvalue weighted by molar-refractivity contribution is 6.79. The average molecular weight is 405 g/mol. The molecule has 7 heteroatoms. The Balaban J connectivity index is 4.60. The van der Waals surface area contributed by atoms with Gasteiger partial charge in [0.1, 0.15) is 0 Å². The minimum absolute atomic E-state index is 0.173. The van der Waals surface area contributed by atoms with Gasteiger partial charge in [-0.25, -0.2) is 0 Å². The zero-order chi connectivity index (χ0) is 19.7. The first-order chi connectivity index (χ1) is 11.5. The Labute approximate surface area is 160 Å². The fourth-order valence-electron chi connectivity index (χ4n) is 2.63. The van der Waals surface area contributed by atoms with Crippen molar-refractivity contribution in [2.45, 2.75) is 78.2 Å². The zero-order valence-corrected chi connectivity index (χ0v) is 21.2. The maximum absolute atomic E-state index is 6.33. The lowest BCUT2D eigenvalue weighted by Crippen LogP contribution is -2.51. The van der Waals surface area contributed by atoms with Gasteiger partial charge in [-0.2, -0.15) is 0 Å². The van der Waals surface area contributed by atoms with E-state index >= 15 is 0 Å². The molecule has 0 aliphatic rings. The van der Waals surface area contributed by atoms with Crippen molar-refractivity contribution in [2.24, 2.45) is 0 Å². The van der Waals surface area contributed by atoms with Crippen LogP contribution < -0.4 is 0 Å². The molecule has 0 rings (SSSR count). The molecule has 0 saturated heterocycles. The molecule has 0 fully saturated rings. The molecule has 0 aliphatic carbocycles. The molecule has 0 amide bonds. The van der Waals surface area contributed by atoms with Crippen LogP contribution >= 0.6 is 0 Å². The fraction of sp³-hybridized carbons (Fsp3) is 0.778. The summed E-state index contributed by atoms with van der Waals surface area (Å²) < 4.78 is 24.7. The van der Waals surface area contributed by atoms with Crippen LogP contribution in [-0.4, -0.2) is 51.3 Å². The summed E-state index contributed by atoms with van der Waals surface area (Å²) in [5.41, 5.74) is 2.44. The number of hydrogen-bond donors (Lipinski definition) is 0. The molecule has 0 radical (unpaired) electrons. The molecule has 2 unspecified atom stereocenters. The van der Waals surface area contributed by atoms with Gasteiger partial charge in [0.15, 0.2) is 0 Å². The van der Waals surface area contributed by atoms with Crippen molar-refractivity contribution in [1.29, 1.82) is 0 Å². The van der Waals surface area contributed by atoms with Crippen LogP contribution in [0.25, 0.3) is 0 Å². The lowest BCUT2D eigenvalue weighted by atomic mass is 10.4. The minimum atomic E-state index is -1.94. The zero-order valence-electron chi connectivity index (χ0n) is 17.7. The second kappa shape index (κ2) is 11.6. The monoisotopic (exact) mass is 404 g/mol. The quantitative estimate of drug-likeness (QED) is 0.320. The first-order valence-corrected chi connectivity index (χ1v) is 16.4. The van der Waals surface area contributed by atoms with Gasteiger partial charge >= 0.3 is 0 Å². The molecule has 0 aromatic carbocycles. The summed E-state index contributed by atoms with van der Waals surface area (Å²) in [5.74, 6) is 0. The molecule has 2 atom stereocenters. The van der Waals surface area contributed by atoms with Gasteiger partial charge in [-0.15, -0.1) is 0 Å². The van der Waals surface area contributed by atoms with Crippen molar-refractivity contribution in [2.75, 3.05) is 13.2 Å². The third-order valence-corrected chi connectivity index (χ3v) is 15.4. The second-order valence-electron chi connectivity index (χ2n) is 7.94. The molecule has 0 bridgehead atoms. The van der Waals surface area contributed by atoms with Gasteiger partial charge in [-0.3, -0.25) is 0 Å². The van der Waals surface area contributed by atoms with Crippen molar-refractivity contribution >= 4 is 26.6 Å². The van der Waals surface area contributed by atoms with E-state index in [1.165, 1.54) is 0 Å². The van der Waals surface area contributed by atoms with Crippen molar-refractivity contribution in [1.82, 2.24) is 0 Å². The Morgan fingerprint density at radius 2 is 1.12 bits per heavy atom. The summed E-state index contributed by atoms with van der Waals surface area (Å²) in [6.07, 6.45) is 1.92. The van der Waals surface area contributed by atoms with E-state index in [1.807, 2.05) is 13.8 Å². The van der Waals surface area contributed by atoms with Gasteiger partial charge in [0.25, 0.3) is 10.0 Å². The highest BCUT2D eigenvalue weighted by Gasteiger charge is 2.37. The van der Waals surface area contributed by atoms with Crippen LogP contribution in [0.15, 0.2) is 24.3 Å². The minimum Gasteiger partial charge on any atom is -0.439 e. The smallest absolute Gasteiger partial charge is 0.283 e. The van der Waals surface area contributed by atoms with Gasteiger partial charge < -0.3 is 17.7 Å². The fourth-order valence-corrected chi connectivity index (χ4v) is 10.2. The Bertz CT molecular complexity index is 387. The van der Waals surface area contributed by atoms with Crippen LogP contribution in [0.3, 0.4) is 0 Å². The molecule has 148 valence electrons. The second-order valence-corrected chi connectivity index (χ2v) is 18.2. The van der Waals surface area contributed by atoms with Gasteiger partial charge in [0, 0.05) is 0 Å². The Hall–Kier alpha value is -0.0294. The standard InChI is InChI=1S/C18H40O4Si3/c1-11-17(19-13-15(3)4)24(7,8)21-23-22-25(9,10)18(12-2)20-14-16(5)6/h17-18H,3,5,11-14,23H2,1-2,4,6-10H3. The summed E-state index contributed by atoms with van der Waals surface area (Å²) >= 11 is 0. The molecule has 0 saturated carbocycles. The summed E-state index contributed by atoms with van der Waals surface area (Å²) in [4.78, 5) is 0. The van der Waals surface area contributed by atoms with E-state index in [4.69, 9.17) is 17.7 Å². The average Bonchev–Trinajstić information content (AvgIpc) is 2.46. The summed E-state index contributed by atoms with van der Waals surface area (Å²) in [6.45, 7) is 26.2. The SMILES string of the molecule is C=C(C)COC(CC)[Si](C)(C)O[SiH2]O[Si](C)(C)C(CC)OCC(=C)C. The first kappa shape index (κ1) is 25.0. The Morgan fingerprint density at radius 3 is 1.36 bits per heavy atom. The highest BCUT2D eigenvalue weighted by Crippen LogP contribution is 2.20. The van der Waals surface area contributed by atoms with Crippen LogP contribution in [0, 0.1) is 0 Å². The lowest BCUT2D eigenvalue weighted by Gasteiger charge is -2.35. The predicted molar refractivity (Wildman–Crippen MR) is 115 cm³/mol. The molecular weight excluding hydrogens is 364 g/mol. The number of rotatable bonds is 14. The molecule has 0 aromatic rings. The van der Waals surface area contributed by atoms with Crippen molar-refractivity contribution in [3.05, 3.63) is 24.3 Å². The molecule has 0 N–H and O–H groups in total. The molecule has 0 aliphatic heterocycles. The maximum Gasteiger partial charge on any atom is 0.283 e. The third kappa shape index (κ3) is 10.0. The molecule has 0 heterocycles.